The molecule has 1 heterocycles. The third kappa shape index (κ3) is 3.81. The Bertz CT molecular complexity index is 563. The van der Waals surface area contributed by atoms with Crippen LogP contribution in [0.3, 0.4) is 0 Å². The highest BCUT2D eigenvalue weighted by Crippen LogP contribution is 2.06. The molecule has 0 spiro atoms. The lowest BCUT2D eigenvalue weighted by Crippen LogP contribution is -2.34. The van der Waals surface area contributed by atoms with Gasteiger partial charge >= 0.3 is 0 Å². The summed E-state index contributed by atoms with van der Waals surface area (Å²) in [7, 11) is 0. The van der Waals surface area contributed by atoms with Gasteiger partial charge in [-0.05, 0) is 31.6 Å². The monoisotopic (exact) mass is 288 g/mol. The lowest BCUT2D eigenvalue weighted by atomic mass is 10.2. The molecular formula is C15H20N4S. The number of thiocarbonyl (C=S) groups is 1. The smallest absolute Gasteiger partial charge is 0.166 e. The molecular weight excluding hydrogens is 268 g/mol. The average Bonchev–Trinajstić information content (AvgIpc) is 2.84. The van der Waals surface area contributed by atoms with Crippen LogP contribution in [0, 0.1) is 6.92 Å². The predicted molar refractivity (Wildman–Crippen MR) is 85.4 cm³/mol. The first-order valence-corrected chi connectivity index (χ1v) is 7.18. The van der Waals surface area contributed by atoms with Crippen LogP contribution in [0.25, 0.3) is 0 Å². The molecule has 0 fully saturated rings. The van der Waals surface area contributed by atoms with Crippen molar-refractivity contribution < 1.29 is 0 Å². The molecule has 4 nitrogen and oxygen atoms in total. The molecule has 2 rings (SSSR count). The van der Waals surface area contributed by atoms with E-state index in [9.17, 15) is 0 Å². The highest BCUT2D eigenvalue weighted by molar-refractivity contribution is 7.80. The highest BCUT2D eigenvalue weighted by Gasteiger charge is 2.05. The zero-order valence-electron chi connectivity index (χ0n) is 11.9. The number of aryl methyl sites for hydroxylation is 1. The summed E-state index contributed by atoms with van der Waals surface area (Å²) in [5.41, 5.74) is 3.58. The van der Waals surface area contributed by atoms with Crippen molar-refractivity contribution in [3.8, 4) is 0 Å². The van der Waals surface area contributed by atoms with E-state index in [0.717, 1.165) is 13.1 Å². The van der Waals surface area contributed by atoms with Crippen molar-refractivity contribution >= 4 is 17.3 Å². The number of hydrogen-bond donors (Lipinski definition) is 2. The van der Waals surface area contributed by atoms with Crippen LogP contribution in [0.2, 0.25) is 0 Å². The van der Waals surface area contributed by atoms with Crippen molar-refractivity contribution in [2.75, 3.05) is 0 Å². The quantitative estimate of drug-likeness (QED) is 0.829. The topological polar surface area (TPSA) is 41.9 Å². The third-order valence-electron chi connectivity index (χ3n) is 3.24. The minimum absolute atomic E-state index is 0.664. The molecule has 0 bridgehead atoms. The molecule has 0 saturated carbocycles. The Balaban J connectivity index is 1.79. The van der Waals surface area contributed by atoms with Gasteiger partial charge in [0.2, 0.25) is 0 Å². The van der Waals surface area contributed by atoms with Crippen LogP contribution in [0.15, 0.2) is 36.5 Å². The number of nitrogens with one attached hydrogen (secondary N) is 2. The zero-order chi connectivity index (χ0) is 14.4. The standard InChI is InChI=1S/C15H20N4S/c1-3-19-12(2)14(11-18-19)10-17-15(20)16-9-13-7-5-4-6-8-13/h4-8,11H,3,9-10H2,1-2H3,(H2,16,17,20). The van der Waals surface area contributed by atoms with E-state index < -0.39 is 0 Å². The third-order valence-corrected chi connectivity index (χ3v) is 3.53. The highest BCUT2D eigenvalue weighted by atomic mass is 32.1. The van der Waals surface area contributed by atoms with Crippen molar-refractivity contribution in [1.82, 2.24) is 20.4 Å². The Morgan fingerprint density at radius 1 is 1.20 bits per heavy atom. The number of hydrogen-bond acceptors (Lipinski definition) is 2. The van der Waals surface area contributed by atoms with E-state index >= 15 is 0 Å². The fourth-order valence-corrected chi connectivity index (χ4v) is 2.14. The van der Waals surface area contributed by atoms with Crippen molar-refractivity contribution in [3.05, 3.63) is 53.3 Å². The average molecular weight is 288 g/mol. The Hall–Kier alpha value is -1.88. The molecule has 0 saturated heterocycles. The first-order chi connectivity index (χ1) is 9.70. The minimum atomic E-state index is 0.664. The molecule has 106 valence electrons. The summed E-state index contributed by atoms with van der Waals surface area (Å²) in [4.78, 5) is 0. The second-order valence-electron chi connectivity index (χ2n) is 4.59. The molecule has 1 aromatic carbocycles. The number of nitrogens with zero attached hydrogens (tertiary/aromatic N) is 2. The molecule has 0 aliphatic carbocycles. The van der Waals surface area contributed by atoms with Crippen LogP contribution in [0.5, 0.6) is 0 Å². The molecule has 1 aromatic heterocycles. The van der Waals surface area contributed by atoms with Gasteiger partial charge in [-0.3, -0.25) is 4.68 Å². The van der Waals surface area contributed by atoms with Gasteiger partial charge in [0, 0.05) is 30.9 Å². The molecule has 2 aromatic rings. The van der Waals surface area contributed by atoms with Crippen molar-refractivity contribution in [3.63, 3.8) is 0 Å². The lowest BCUT2D eigenvalue weighted by molar-refractivity contribution is 0.637. The van der Waals surface area contributed by atoms with Gasteiger partial charge in [-0.2, -0.15) is 5.10 Å². The molecule has 0 amide bonds. The largest absolute Gasteiger partial charge is 0.359 e. The van der Waals surface area contributed by atoms with Gasteiger partial charge in [-0.25, -0.2) is 0 Å². The van der Waals surface area contributed by atoms with Crippen molar-refractivity contribution in [1.29, 1.82) is 0 Å². The van der Waals surface area contributed by atoms with Crippen LogP contribution in [0.4, 0.5) is 0 Å². The molecule has 0 aliphatic heterocycles. The molecule has 5 heteroatoms. The van der Waals surface area contributed by atoms with Crippen LogP contribution < -0.4 is 10.6 Å². The summed E-state index contributed by atoms with van der Waals surface area (Å²) in [6, 6.07) is 10.2. The normalized spacial score (nSPS) is 10.3. The van der Waals surface area contributed by atoms with Gasteiger partial charge in [-0.15, -0.1) is 0 Å². The van der Waals surface area contributed by atoms with E-state index in [1.165, 1.54) is 16.8 Å². The fraction of sp³-hybridized carbons (Fsp3) is 0.333. The summed E-state index contributed by atoms with van der Waals surface area (Å²) in [6.45, 7) is 6.49. The first kappa shape index (κ1) is 14.5. The zero-order valence-corrected chi connectivity index (χ0v) is 12.7. The van der Waals surface area contributed by atoms with Crippen LogP contribution in [-0.4, -0.2) is 14.9 Å². The van der Waals surface area contributed by atoms with E-state index in [-0.39, 0.29) is 0 Å². The summed E-state index contributed by atoms with van der Waals surface area (Å²) in [6.07, 6.45) is 1.89. The summed E-state index contributed by atoms with van der Waals surface area (Å²) < 4.78 is 1.98. The first-order valence-electron chi connectivity index (χ1n) is 6.77. The number of aromatic nitrogens is 2. The van der Waals surface area contributed by atoms with Gasteiger partial charge in [0.15, 0.2) is 5.11 Å². The van der Waals surface area contributed by atoms with Gasteiger partial charge in [0.1, 0.15) is 0 Å². The Morgan fingerprint density at radius 3 is 2.55 bits per heavy atom. The minimum Gasteiger partial charge on any atom is -0.359 e. The molecule has 0 unspecified atom stereocenters. The second kappa shape index (κ2) is 7.05. The van der Waals surface area contributed by atoms with Crippen LogP contribution >= 0.6 is 12.2 Å². The number of benzene rings is 1. The molecule has 0 radical (unpaired) electrons. The van der Waals surface area contributed by atoms with Gasteiger partial charge in [-0.1, -0.05) is 30.3 Å². The number of rotatable bonds is 5. The van der Waals surface area contributed by atoms with Crippen molar-refractivity contribution in [2.24, 2.45) is 0 Å². The van der Waals surface area contributed by atoms with E-state index in [4.69, 9.17) is 12.2 Å². The maximum absolute atomic E-state index is 5.28. The Kier molecular flexibility index (Phi) is 5.12. The molecule has 0 aliphatic rings. The lowest BCUT2D eigenvalue weighted by Gasteiger charge is -2.10. The second-order valence-corrected chi connectivity index (χ2v) is 5.00. The maximum Gasteiger partial charge on any atom is 0.166 e. The molecule has 2 N–H and O–H groups in total. The van der Waals surface area contributed by atoms with Gasteiger partial charge in [0.25, 0.3) is 0 Å². The van der Waals surface area contributed by atoms with Crippen LogP contribution in [0.1, 0.15) is 23.7 Å². The molecule has 0 atom stereocenters. The fourth-order valence-electron chi connectivity index (χ4n) is 1.99. The predicted octanol–water partition coefficient (Wildman–Crippen LogP) is 2.38. The Morgan fingerprint density at radius 2 is 1.90 bits per heavy atom. The van der Waals surface area contributed by atoms with E-state index in [1.54, 1.807) is 0 Å². The van der Waals surface area contributed by atoms with E-state index in [1.807, 2.05) is 29.1 Å². The summed E-state index contributed by atoms with van der Waals surface area (Å²) >= 11 is 5.28. The van der Waals surface area contributed by atoms with Gasteiger partial charge < -0.3 is 10.6 Å². The van der Waals surface area contributed by atoms with E-state index in [0.29, 0.717) is 11.7 Å². The van der Waals surface area contributed by atoms with Gasteiger partial charge in [0.05, 0.1) is 6.20 Å². The summed E-state index contributed by atoms with van der Waals surface area (Å²) in [5, 5.41) is 11.4. The van der Waals surface area contributed by atoms with Crippen LogP contribution in [-0.2, 0) is 19.6 Å². The van der Waals surface area contributed by atoms with Crippen molar-refractivity contribution in [2.45, 2.75) is 33.5 Å². The summed E-state index contributed by atoms with van der Waals surface area (Å²) in [5.74, 6) is 0. The van der Waals surface area contributed by atoms with E-state index in [2.05, 4.69) is 41.7 Å². The Labute approximate surface area is 125 Å². The SMILES string of the molecule is CCn1ncc(CNC(=S)NCc2ccccc2)c1C. The molecule has 20 heavy (non-hydrogen) atoms. The maximum atomic E-state index is 5.28.